The molecule has 2 N–H and O–H groups in total. The van der Waals surface area contributed by atoms with E-state index in [-0.39, 0.29) is 36.9 Å². The fourth-order valence-corrected chi connectivity index (χ4v) is 5.64. The maximum Gasteiger partial charge on any atom is 0.265 e. The summed E-state index contributed by atoms with van der Waals surface area (Å²) in [6.45, 7) is 0. The third-order valence-corrected chi connectivity index (χ3v) is 7.12. The molecule has 5 atom stereocenters. The molecule has 0 amide bonds. The van der Waals surface area contributed by atoms with Crippen LogP contribution in [0.15, 0.2) is 36.8 Å². The van der Waals surface area contributed by atoms with Gasteiger partial charge in [0.2, 0.25) is 5.88 Å². The number of ether oxygens (including phenoxy) is 1. The summed E-state index contributed by atoms with van der Waals surface area (Å²) in [5.41, 5.74) is 2.57. The summed E-state index contributed by atoms with van der Waals surface area (Å²) in [7, 11) is 0. The van der Waals surface area contributed by atoms with E-state index in [2.05, 4.69) is 30.6 Å². The molecule has 168 valence electrons. The molecule has 3 fully saturated rings. The van der Waals surface area contributed by atoms with Gasteiger partial charge in [0.25, 0.3) is 5.92 Å². The summed E-state index contributed by atoms with van der Waals surface area (Å²) in [5, 5.41) is 22.5. The minimum Gasteiger partial charge on any atom is -0.473 e. The van der Waals surface area contributed by atoms with Crippen LogP contribution in [-0.2, 0) is 0 Å². The Morgan fingerprint density at radius 3 is 2.79 bits per heavy atom. The molecule has 1 aromatic carbocycles. The van der Waals surface area contributed by atoms with Crippen LogP contribution in [0.1, 0.15) is 19.3 Å². The van der Waals surface area contributed by atoms with E-state index in [1.165, 1.54) is 6.07 Å². The molecule has 3 saturated heterocycles. The maximum absolute atomic E-state index is 15.1. The number of H-pyrrole nitrogens is 2. The molecule has 3 aromatic heterocycles. The predicted octanol–water partition coefficient (Wildman–Crippen LogP) is 3.55. The normalized spacial score (nSPS) is 29.2. The highest BCUT2D eigenvalue weighted by Gasteiger charge is 2.70. The fraction of sp³-hybridized carbons (Fsp3) is 0.364. The molecule has 0 spiro atoms. The van der Waals surface area contributed by atoms with Crippen molar-refractivity contribution in [3.05, 3.63) is 42.6 Å². The van der Waals surface area contributed by atoms with Crippen molar-refractivity contribution in [3.63, 3.8) is 0 Å². The van der Waals surface area contributed by atoms with E-state index in [4.69, 9.17) is 4.74 Å². The standard InChI is InChI=1S/C22H18F3N7O/c23-14-5-12(21-13(9-28-31-21)20(14)10-7-26-27-8-10)15-1-2-19(30-29-15)33-11-3-16-17-6-22(24,25)18(4-11)32(16)17/h1-2,5,7-9,11,16-18H,3-4,6H2,(H,26,27)(H,28,31). The Kier molecular flexibility index (Phi) is 3.77. The molecule has 0 aliphatic carbocycles. The van der Waals surface area contributed by atoms with Gasteiger partial charge in [-0.15, -0.1) is 10.2 Å². The van der Waals surface area contributed by atoms with Gasteiger partial charge in [-0.05, 0) is 12.1 Å². The van der Waals surface area contributed by atoms with E-state index in [0.717, 1.165) is 6.42 Å². The minimum absolute atomic E-state index is 0.0104. The topological polar surface area (TPSA) is 95.4 Å². The number of hydrogen-bond acceptors (Lipinski definition) is 6. The molecule has 7 rings (SSSR count). The monoisotopic (exact) mass is 453 g/mol. The zero-order valence-electron chi connectivity index (χ0n) is 17.2. The van der Waals surface area contributed by atoms with Crippen LogP contribution >= 0.6 is 0 Å². The van der Waals surface area contributed by atoms with Crippen molar-refractivity contribution < 1.29 is 17.9 Å². The third kappa shape index (κ3) is 2.81. The molecular formula is C22H18F3N7O. The number of hydrogen-bond donors (Lipinski definition) is 2. The fourth-order valence-electron chi connectivity index (χ4n) is 5.64. The number of aromatic nitrogens is 6. The lowest BCUT2D eigenvalue weighted by molar-refractivity contribution is -0.0640. The Hall–Kier alpha value is -3.47. The van der Waals surface area contributed by atoms with Crippen molar-refractivity contribution in [2.75, 3.05) is 0 Å². The Labute approximate surface area is 185 Å². The zero-order valence-corrected chi connectivity index (χ0v) is 17.2. The molecular weight excluding hydrogens is 435 g/mol. The van der Waals surface area contributed by atoms with E-state index >= 15 is 4.39 Å². The molecule has 0 saturated carbocycles. The lowest BCUT2D eigenvalue weighted by Crippen LogP contribution is -2.45. The first-order valence-corrected chi connectivity index (χ1v) is 10.8. The van der Waals surface area contributed by atoms with Crippen LogP contribution in [0, 0.1) is 5.82 Å². The highest BCUT2D eigenvalue weighted by atomic mass is 19.3. The molecule has 33 heavy (non-hydrogen) atoms. The SMILES string of the molecule is Fc1cc(-c2ccc(OC3CC4C5CC(F)(F)C(C3)N45)nn2)c2[nH]ncc2c1-c1cn[nH]c1. The van der Waals surface area contributed by atoms with Crippen LogP contribution in [0.3, 0.4) is 0 Å². The van der Waals surface area contributed by atoms with E-state index in [9.17, 15) is 8.78 Å². The second-order valence-electron chi connectivity index (χ2n) is 8.96. The number of nitrogens with zero attached hydrogens (tertiary/aromatic N) is 5. The van der Waals surface area contributed by atoms with Gasteiger partial charge in [0.1, 0.15) is 11.9 Å². The molecule has 11 heteroatoms. The lowest BCUT2D eigenvalue weighted by atomic mass is 9.91. The number of benzene rings is 1. The highest BCUT2D eigenvalue weighted by Crippen LogP contribution is 2.56. The van der Waals surface area contributed by atoms with Crippen molar-refractivity contribution >= 4 is 10.9 Å². The quantitative estimate of drug-likeness (QED) is 0.459. The molecule has 5 unspecified atom stereocenters. The van der Waals surface area contributed by atoms with Gasteiger partial charge in [-0.3, -0.25) is 15.1 Å². The van der Waals surface area contributed by atoms with Gasteiger partial charge in [0.05, 0.1) is 29.6 Å². The van der Waals surface area contributed by atoms with E-state index < -0.39 is 17.8 Å². The Morgan fingerprint density at radius 2 is 2.00 bits per heavy atom. The minimum atomic E-state index is -2.65. The van der Waals surface area contributed by atoms with Crippen molar-refractivity contribution in [1.29, 1.82) is 0 Å². The highest BCUT2D eigenvalue weighted by molar-refractivity contribution is 6.02. The summed E-state index contributed by atoms with van der Waals surface area (Å²) >= 11 is 0. The average molecular weight is 453 g/mol. The average Bonchev–Trinajstić information content (AvgIpc) is 3.24. The van der Waals surface area contributed by atoms with Gasteiger partial charge in [-0.2, -0.15) is 10.2 Å². The lowest BCUT2D eigenvalue weighted by Gasteiger charge is -2.33. The van der Waals surface area contributed by atoms with Crippen molar-refractivity contribution in [1.82, 2.24) is 35.5 Å². The van der Waals surface area contributed by atoms with E-state index in [0.29, 0.717) is 33.3 Å². The summed E-state index contributed by atoms with van der Waals surface area (Å²) in [6, 6.07) is 4.14. The Bertz CT molecular complexity index is 1350. The number of piperidine rings is 2. The smallest absolute Gasteiger partial charge is 0.265 e. The summed E-state index contributed by atoms with van der Waals surface area (Å²) in [6.07, 6.45) is 5.35. The number of alkyl halides is 2. The largest absolute Gasteiger partial charge is 0.473 e. The van der Waals surface area contributed by atoms with Crippen LogP contribution in [0.5, 0.6) is 5.88 Å². The summed E-state index contributed by atoms with van der Waals surface area (Å²) < 4.78 is 49.2. The van der Waals surface area contributed by atoms with Crippen molar-refractivity contribution in [3.8, 4) is 28.3 Å². The van der Waals surface area contributed by atoms with Gasteiger partial charge >= 0.3 is 0 Å². The van der Waals surface area contributed by atoms with Gasteiger partial charge in [-0.1, -0.05) is 0 Å². The Morgan fingerprint density at radius 1 is 1.09 bits per heavy atom. The number of fused-ring (bicyclic) bond motifs is 2. The van der Waals surface area contributed by atoms with E-state index in [1.807, 2.05) is 4.90 Å². The van der Waals surface area contributed by atoms with Crippen molar-refractivity contribution in [2.45, 2.75) is 49.4 Å². The van der Waals surface area contributed by atoms with Crippen LogP contribution in [0.4, 0.5) is 13.2 Å². The third-order valence-electron chi connectivity index (χ3n) is 7.12. The van der Waals surface area contributed by atoms with Crippen LogP contribution < -0.4 is 4.74 Å². The second-order valence-corrected chi connectivity index (χ2v) is 8.96. The van der Waals surface area contributed by atoms with Gasteiger partial charge in [0, 0.05) is 65.7 Å². The summed E-state index contributed by atoms with van der Waals surface area (Å²) in [5.74, 6) is -2.82. The zero-order chi connectivity index (χ0) is 22.3. The van der Waals surface area contributed by atoms with Gasteiger partial charge < -0.3 is 4.74 Å². The van der Waals surface area contributed by atoms with Crippen LogP contribution in [0.2, 0.25) is 0 Å². The van der Waals surface area contributed by atoms with Crippen LogP contribution in [0.25, 0.3) is 33.3 Å². The van der Waals surface area contributed by atoms with E-state index in [1.54, 1.807) is 30.7 Å². The number of aromatic amines is 2. The van der Waals surface area contributed by atoms with Crippen molar-refractivity contribution in [2.24, 2.45) is 0 Å². The Balaban J connectivity index is 1.16. The number of rotatable bonds is 4. The first-order valence-electron chi connectivity index (χ1n) is 10.8. The molecule has 3 aliphatic heterocycles. The summed E-state index contributed by atoms with van der Waals surface area (Å²) in [4.78, 5) is 1.92. The second kappa shape index (κ2) is 6.53. The van der Waals surface area contributed by atoms with Gasteiger partial charge in [-0.25, -0.2) is 13.2 Å². The molecule has 4 aromatic rings. The van der Waals surface area contributed by atoms with Crippen LogP contribution in [-0.4, -0.2) is 65.6 Å². The molecule has 0 radical (unpaired) electrons. The van der Waals surface area contributed by atoms with Gasteiger partial charge in [0.15, 0.2) is 0 Å². The number of nitrogens with one attached hydrogen (secondary N) is 2. The number of halogens is 3. The molecule has 8 nitrogen and oxygen atoms in total. The first-order chi connectivity index (χ1) is 16.0. The first kappa shape index (κ1) is 19.0. The molecule has 0 bridgehead atoms. The molecule has 3 aliphatic rings. The predicted molar refractivity (Wildman–Crippen MR) is 111 cm³/mol. The maximum atomic E-state index is 15.1. The molecule has 6 heterocycles.